The molecule has 0 radical (unpaired) electrons. The van der Waals surface area contributed by atoms with Gasteiger partial charge in [0.05, 0.1) is 11.1 Å². The Morgan fingerprint density at radius 2 is 1.43 bits per heavy atom. The molecule has 0 spiro atoms. The van der Waals surface area contributed by atoms with E-state index in [2.05, 4.69) is 11.4 Å². The van der Waals surface area contributed by atoms with Crippen LogP contribution in [-0.4, -0.2) is 29.4 Å². The smallest absolute Gasteiger partial charge is 0.336 e. The van der Waals surface area contributed by atoms with E-state index < -0.39 is 17.1 Å². The lowest BCUT2D eigenvalue weighted by molar-refractivity contribution is -0.118. The summed E-state index contributed by atoms with van der Waals surface area (Å²) in [5.74, 6) is -1.62. The van der Waals surface area contributed by atoms with Crippen LogP contribution in [0.25, 0.3) is 0 Å². The van der Waals surface area contributed by atoms with Gasteiger partial charge < -0.3 is 15.3 Å². The molecular formula is C30H24N2O4S. The number of hydrogen-bond acceptors (Lipinski definition) is 4. The minimum Gasteiger partial charge on any atom is -0.478 e. The SMILES string of the molecule is O=C(O)c1ccccc1C(=O)Nc1ccc(SC(C(=O)N2CCc3ccccc32)c2ccccc2)cc1. The largest absolute Gasteiger partial charge is 0.478 e. The van der Waals surface area contributed by atoms with E-state index in [0.717, 1.165) is 22.6 Å². The van der Waals surface area contributed by atoms with Crippen molar-refractivity contribution < 1.29 is 19.5 Å². The molecule has 4 aromatic rings. The van der Waals surface area contributed by atoms with Crippen molar-refractivity contribution in [3.8, 4) is 0 Å². The molecule has 0 aromatic heterocycles. The Balaban J connectivity index is 1.35. The average molecular weight is 509 g/mol. The molecule has 1 atom stereocenters. The van der Waals surface area contributed by atoms with Crippen LogP contribution in [0.3, 0.4) is 0 Å². The monoisotopic (exact) mass is 508 g/mol. The van der Waals surface area contributed by atoms with Crippen LogP contribution in [0.15, 0.2) is 108 Å². The summed E-state index contributed by atoms with van der Waals surface area (Å²) in [6, 6.07) is 31.0. The lowest BCUT2D eigenvalue weighted by Gasteiger charge is -2.24. The third-order valence-electron chi connectivity index (χ3n) is 6.25. The van der Waals surface area contributed by atoms with Crippen molar-refractivity contribution in [1.29, 1.82) is 0 Å². The molecule has 0 saturated heterocycles. The Hall–Kier alpha value is -4.36. The van der Waals surface area contributed by atoms with Gasteiger partial charge in [-0.25, -0.2) is 4.79 Å². The first-order valence-electron chi connectivity index (χ1n) is 11.9. The number of amides is 2. The third kappa shape index (κ3) is 5.27. The van der Waals surface area contributed by atoms with Crippen molar-refractivity contribution in [3.05, 3.63) is 125 Å². The normalized spacial score (nSPS) is 13.0. The summed E-state index contributed by atoms with van der Waals surface area (Å²) in [6.07, 6.45) is 0.841. The highest BCUT2D eigenvalue weighted by atomic mass is 32.2. The molecule has 37 heavy (non-hydrogen) atoms. The first-order valence-corrected chi connectivity index (χ1v) is 12.7. The number of hydrogen-bond donors (Lipinski definition) is 2. The van der Waals surface area contributed by atoms with Gasteiger partial charge in [-0.15, -0.1) is 11.8 Å². The summed E-state index contributed by atoms with van der Waals surface area (Å²) >= 11 is 1.46. The molecule has 6 nitrogen and oxygen atoms in total. The number of carboxylic acid groups (broad SMARTS) is 1. The van der Waals surface area contributed by atoms with E-state index in [1.807, 2.05) is 65.6 Å². The third-order valence-corrected chi connectivity index (χ3v) is 7.50. The molecule has 1 heterocycles. The number of rotatable bonds is 7. The van der Waals surface area contributed by atoms with Crippen molar-refractivity contribution in [2.24, 2.45) is 0 Å². The summed E-state index contributed by atoms with van der Waals surface area (Å²) in [5.41, 5.74) is 3.63. The van der Waals surface area contributed by atoms with Gasteiger partial charge in [0.1, 0.15) is 5.25 Å². The van der Waals surface area contributed by atoms with Crippen LogP contribution >= 0.6 is 11.8 Å². The van der Waals surface area contributed by atoms with E-state index in [0.29, 0.717) is 12.2 Å². The molecule has 184 valence electrons. The van der Waals surface area contributed by atoms with Gasteiger partial charge in [0.25, 0.3) is 5.91 Å². The topological polar surface area (TPSA) is 86.7 Å². The van der Waals surface area contributed by atoms with Gasteiger partial charge in [-0.05, 0) is 60.0 Å². The number of anilines is 2. The molecule has 4 aromatic carbocycles. The highest BCUT2D eigenvalue weighted by Crippen LogP contribution is 2.40. The first kappa shape index (κ1) is 24.3. The summed E-state index contributed by atoms with van der Waals surface area (Å²) in [4.78, 5) is 40.7. The van der Waals surface area contributed by atoms with Gasteiger partial charge in [0.2, 0.25) is 5.91 Å². The molecule has 5 rings (SSSR count). The maximum absolute atomic E-state index is 13.8. The summed E-state index contributed by atoms with van der Waals surface area (Å²) in [5, 5.41) is 11.7. The van der Waals surface area contributed by atoms with E-state index in [-0.39, 0.29) is 17.0 Å². The van der Waals surface area contributed by atoms with Crippen molar-refractivity contribution >= 4 is 40.9 Å². The van der Waals surface area contributed by atoms with Gasteiger partial charge >= 0.3 is 5.97 Å². The maximum Gasteiger partial charge on any atom is 0.336 e. The molecule has 7 heteroatoms. The highest BCUT2D eigenvalue weighted by molar-refractivity contribution is 8.00. The van der Waals surface area contributed by atoms with E-state index in [1.54, 1.807) is 24.3 Å². The summed E-state index contributed by atoms with van der Waals surface area (Å²) < 4.78 is 0. The first-order chi connectivity index (χ1) is 18.0. The number of carbonyl (C=O) groups is 3. The van der Waals surface area contributed by atoms with Gasteiger partial charge in [-0.2, -0.15) is 0 Å². The molecule has 1 aliphatic rings. The number of carboxylic acids is 1. The predicted octanol–water partition coefficient (Wildman–Crippen LogP) is 6.06. The molecule has 0 saturated carbocycles. The second-order valence-electron chi connectivity index (χ2n) is 8.61. The van der Waals surface area contributed by atoms with Crippen molar-refractivity contribution in [2.75, 3.05) is 16.8 Å². The van der Waals surface area contributed by atoms with E-state index >= 15 is 0 Å². The standard InChI is InChI=1S/C30H24N2O4S/c33-28(24-11-5-6-12-25(24)30(35)36)31-22-14-16-23(17-15-22)37-27(21-9-2-1-3-10-21)29(34)32-19-18-20-8-4-7-13-26(20)32/h1-17,27H,18-19H2,(H,31,33)(H,35,36). The Morgan fingerprint density at radius 1 is 0.784 bits per heavy atom. The van der Waals surface area contributed by atoms with Gasteiger partial charge in [0.15, 0.2) is 0 Å². The molecule has 0 aliphatic carbocycles. The van der Waals surface area contributed by atoms with Crippen LogP contribution in [-0.2, 0) is 11.2 Å². The number of carbonyl (C=O) groups excluding carboxylic acids is 2. The van der Waals surface area contributed by atoms with Crippen molar-refractivity contribution in [3.63, 3.8) is 0 Å². The molecule has 0 bridgehead atoms. The lowest BCUT2D eigenvalue weighted by Crippen LogP contribution is -2.32. The van der Waals surface area contributed by atoms with Crippen LogP contribution in [0.2, 0.25) is 0 Å². The van der Waals surface area contributed by atoms with E-state index in [4.69, 9.17) is 0 Å². The van der Waals surface area contributed by atoms with Crippen LogP contribution < -0.4 is 10.2 Å². The van der Waals surface area contributed by atoms with Crippen LogP contribution in [0.4, 0.5) is 11.4 Å². The Labute approximate surface area is 218 Å². The number of nitrogens with zero attached hydrogens (tertiary/aromatic N) is 1. The maximum atomic E-state index is 13.8. The van der Waals surface area contributed by atoms with Gasteiger partial charge in [0, 0.05) is 22.8 Å². The fraction of sp³-hybridized carbons (Fsp3) is 0.100. The minimum atomic E-state index is -1.16. The van der Waals surface area contributed by atoms with Crippen molar-refractivity contribution in [1.82, 2.24) is 0 Å². The molecular weight excluding hydrogens is 484 g/mol. The second-order valence-corrected chi connectivity index (χ2v) is 9.78. The van der Waals surface area contributed by atoms with Crippen LogP contribution in [0.5, 0.6) is 0 Å². The van der Waals surface area contributed by atoms with Gasteiger partial charge in [-0.3, -0.25) is 9.59 Å². The molecule has 2 amide bonds. The Bertz CT molecular complexity index is 1450. The number of fused-ring (bicyclic) bond motifs is 1. The Kier molecular flexibility index (Phi) is 7.05. The fourth-order valence-corrected chi connectivity index (χ4v) is 5.50. The lowest BCUT2D eigenvalue weighted by atomic mass is 10.1. The quantitative estimate of drug-likeness (QED) is 0.296. The van der Waals surface area contributed by atoms with Crippen LogP contribution in [0, 0.1) is 0 Å². The van der Waals surface area contributed by atoms with Crippen LogP contribution in [0.1, 0.15) is 37.1 Å². The number of nitrogens with one attached hydrogen (secondary N) is 1. The zero-order chi connectivity index (χ0) is 25.8. The molecule has 1 aliphatic heterocycles. The molecule has 0 fully saturated rings. The second kappa shape index (κ2) is 10.7. The van der Waals surface area contributed by atoms with E-state index in [1.165, 1.54) is 29.5 Å². The summed E-state index contributed by atoms with van der Waals surface area (Å²) in [6.45, 7) is 0.658. The average Bonchev–Trinajstić information content (AvgIpc) is 3.37. The Morgan fingerprint density at radius 3 is 2.16 bits per heavy atom. The zero-order valence-corrected chi connectivity index (χ0v) is 20.7. The molecule has 1 unspecified atom stereocenters. The summed E-state index contributed by atoms with van der Waals surface area (Å²) in [7, 11) is 0. The van der Waals surface area contributed by atoms with E-state index in [9.17, 15) is 19.5 Å². The fourth-order valence-electron chi connectivity index (χ4n) is 4.42. The number of benzene rings is 4. The minimum absolute atomic E-state index is 0.0313. The molecule has 2 N–H and O–H groups in total. The number of thioether (sulfide) groups is 1. The zero-order valence-electron chi connectivity index (χ0n) is 19.8. The number of aromatic carboxylic acids is 1. The highest BCUT2D eigenvalue weighted by Gasteiger charge is 2.31. The predicted molar refractivity (Wildman–Crippen MR) is 145 cm³/mol. The number of para-hydroxylation sites is 1. The van der Waals surface area contributed by atoms with Crippen molar-refractivity contribution in [2.45, 2.75) is 16.6 Å². The van der Waals surface area contributed by atoms with Gasteiger partial charge in [-0.1, -0.05) is 60.7 Å².